The summed E-state index contributed by atoms with van der Waals surface area (Å²) in [7, 11) is 0. The number of nitrogens with one attached hydrogen (secondary N) is 1. The van der Waals surface area contributed by atoms with E-state index in [0.717, 1.165) is 44.1 Å². The van der Waals surface area contributed by atoms with Gasteiger partial charge in [-0.2, -0.15) is 0 Å². The summed E-state index contributed by atoms with van der Waals surface area (Å²) in [5.74, 6) is -0.667. The van der Waals surface area contributed by atoms with E-state index in [-0.39, 0.29) is 30.3 Å². The van der Waals surface area contributed by atoms with Crippen LogP contribution in [0.25, 0.3) is 0 Å². The molecule has 25 heavy (non-hydrogen) atoms. The second-order valence-electron chi connectivity index (χ2n) is 7.41. The van der Waals surface area contributed by atoms with Gasteiger partial charge in [0.2, 0.25) is 5.91 Å². The number of fused-ring (bicyclic) bond motifs is 1. The van der Waals surface area contributed by atoms with E-state index >= 15 is 0 Å². The third kappa shape index (κ3) is 3.17. The third-order valence-corrected chi connectivity index (χ3v) is 5.89. The monoisotopic (exact) mass is 343 g/mol. The molecule has 5 nitrogen and oxygen atoms in total. The van der Waals surface area contributed by atoms with Gasteiger partial charge in [-0.1, -0.05) is 30.7 Å². The van der Waals surface area contributed by atoms with Crippen molar-refractivity contribution in [2.24, 2.45) is 5.92 Å². The van der Waals surface area contributed by atoms with E-state index in [0.29, 0.717) is 13.2 Å². The third-order valence-electron chi connectivity index (χ3n) is 5.89. The molecule has 1 aromatic rings. The number of carbonyl (C=O) groups excluding carboxylic acids is 2. The summed E-state index contributed by atoms with van der Waals surface area (Å²) in [4.78, 5) is 24.7. The van der Waals surface area contributed by atoms with Gasteiger partial charge in [0.1, 0.15) is 11.7 Å². The van der Waals surface area contributed by atoms with Crippen molar-refractivity contribution < 1.29 is 19.1 Å². The Bertz CT molecular complexity index is 665. The van der Waals surface area contributed by atoms with Crippen molar-refractivity contribution in [1.29, 1.82) is 0 Å². The Hall–Kier alpha value is -1.88. The summed E-state index contributed by atoms with van der Waals surface area (Å²) < 4.78 is 11.5. The molecule has 2 atom stereocenters. The van der Waals surface area contributed by atoms with Gasteiger partial charge in [-0.3, -0.25) is 9.59 Å². The highest BCUT2D eigenvalue weighted by atomic mass is 16.6. The zero-order valence-corrected chi connectivity index (χ0v) is 14.5. The Kier molecular flexibility index (Phi) is 4.50. The van der Waals surface area contributed by atoms with E-state index < -0.39 is 5.60 Å². The molecule has 2 aliphatic heterocycles. The van der Waals surface area contributed by atoms with Crippen molar-refractivity contribution in [3.8, 4) is 0 Å². The lowest BCUT2D eigenvalue weighted by atomic mass is 9.75. The van der Waals surface area contributed by atoms with Gasteiger partial charge in [-0.25, -0.2) is 0 Å². The first-order valence-corrected chi connectivity index (χ1v) is 9.37. The maximum absolute atomic E-state index is 12.8. The Morgan fingerprint density at radius 3 is 2.84 bits per heavy atom. The zero-order chi connectivity index (χ0) is 17.3. The van der Waals surface area contributed by atoms with Crippen LogP contribution in [0, 0.1) is 5.92 Å². The molecule has 134 valence electrons. The Balaban J connectivity index is 1.43. The van der Waals surface area contributed by atoms with Crippen LogP contribution in [0.5, 0.6) is 0 Å². The van der Waals surface area contributed by atoms with Gasteiger partial charge in [0, 0.05) is 6.54 Å². The van der Waals surface area contributed by atoms with Crippen molar-refractivity contribution in [3.05, 3.63) is 35.4 Å². The van der Waals surface area contributed by atoms with E-state index in [1.807, 2.05) is 12.1 Å². The molecular formula is C20H25NO4. The van der Waals surface area contributed by atoms with Crippen LogP contribution in [-0.4, -0.2) is 30.6 Å². The molecule has 0 aromatic heterocycles. The molecule has 1 saturated heterocycles. The summed E-state index contributed by atoms with van der Waals surface area (Å²) in [5, 5.41) is 3.03. The molecule has 1 aromatic carbocycles. The normalized spacial score (nSPS) is 27.6. The zero-order valence-electron chi connectivity index (χ0n) is 14.5. The predicted octanol–water partition coefficient (Wildman–Crippen LogP) is 2.68. The van der Waals surface area contributed by atoms with Gasteiger partial charge in [0.05, 0.1) is 18.9 Å². The van der Waals surface area contributed by atoms with Gasteiger partial charge in [0.25, 0.3) is 0 Å². The van der Waals surface area contributed by atoms with Crippen LogP contribution in [0.15, 0.2) is 24.3 Å². The number of esters is 1. The van der Waals surface area contributed by atoms with Gasteiger partial charge < -0.3 is 14.8 Å². The molecule has 0 bridgehead atoms. The molecule has 0 unspecified atom stereocenters. The van der Waals surface area contributed by atoms with Gasteiger partial charge in [0.15, 0.2) is 0 Å². The van der Waals surface area contributed by atoms with Crippen LogP contribution in [-0.2, 0) is 25.5 Å². The second-order valence-corrected chi connectivity index (χ2v) is 7.41. The minimum atomic E-state index is -0.565. The first kappa shape index (κ1) is 16.6. The molecule has 5 heteroatoms. The standard InChI is InChI=1S/C20H25NO4/c22-18-12-16(20(25-18)9-4-1-5-10-20)19(23)21-13-17-15-7-3-2-6-14(15)8-11-24-17/h2-3,6-7,16-17H,1,4-5,8-13H2,(H,21,23)/t16-,17-/m1/s1. The van der Waals surface area contributed by atoms with E-state index in [4.69, 9.17) is 9.47 Å². The van der Waals surface area contributed by atoms with Gasteiger partial charge in [-0.15, -0.1) is 0 Å². The van der Waals surface area contributed by atoms with Crippen molar-refractivity contribution >= 4 is 11.9 Å². The van der Waals surface area contributed by atoms with Crippen molar-refractivity contribution in [1.82, 2.24) is 5.32 Å². The second kappa shape index (κ2) is 6.79. The summed E-state index contributed by atoms with van der Waals surface area (Å²) in [5.41, 5.74) is 1.88. The first-order chi connectivity index (χ1) is 12.2. The van der Waals surface area contributed by atoms with E-state index in [2.05, 4.69) is 17.4 Å². The summed E-state index contributed by atoms with van der Waals surface area (Å²) in [6, 6.07) is 8.22. The molecule has 4 rings (SSSR count). The molecule has 1 aliphatic carbocycles. The fourth-order valence-electron chi connectivity index (χ4n) is 4.59. The Morgan fingerprint density at radius 1 is 1.20 bits per heavy atom. The smallest absolute Gasteiger partial charge is 0.307 e. The van der Waals surface area contributed by atoms with Crippen LogP contribution in [0.2, 0.25) is 0 Å². The first-order valence-electron chi connectivity index (χ1n) is 9.37. The fraction of sp³-hybridized carbons (Fsp3) is 0.600. The van der Waals surface area contributed by atoms with Crippen LogP contribution in [0.4, 0.5) is 0 Å². The number of hydrogen-bond donors (Lipinski definition) is 1. The number of benzene rings is 1. The van der Waals surface area contributed by atoms with Crippen LogP contribution >= 0.6 is 0 Å². The number of ether oxygens (including phenoxy) is 2. The molecule has 1 saturated carbocycles. The summed E-state index contributed by atoms with van der Waals surface area (Å²) in [6.45, 7) is 1.11. The molecule has 3 aliphatic rings. The fourth-order valence-corrected chi connectivity index (χ4v) is 4.59. The average molecular weight is 343 g/mol. The number of rotatable bonds is 3. The largest absolute Gasteiger partial charge is 0.458 e. The highest BCUT2D eigenvalue weighted by Gasteiger charge is 2.52. The lowest BCUT2D eigenvalue weighted by Gasteiger charge is -2.36. The van der Waals surface area contributed by atoms with Crippen LogP contribution < -0.4 is 5.32 Å². The minimum Gasteiger partial charge on any atom is -0.458 e. The van der Waals surface area contributed by atoms with Crippen molar-refractivity contribution in [2.45, 2.75) is 56.7 Å². The van der Waals surface area contributed by atoms with Crippen LogP contribution in [0.1, 0.15) is 55.8 Å². The van der Waals surface area contributed by atoms with E-state index in [1.165, 1.54) is 5.56 Å². The van der Waals surface area contributed by atoms with E-state index in [9.17, 15) is 9.59 Å². The topological polar surface area (TPSA) is 64.6 Å². The van der Waals surface area contributed by atoms with E-state index in [1.54, 1.807) is 0 Å². The minimum absolute atomic E-state index is 0.0700. The van der Waals surface area contributed by atoms with Crippen molar-refractivity contribution in [3.63, 3.8) is 0 Å². The SMILES string of the molecule is O=C1C[C@H](C(=O)NC[C@H]2OCCc3ccccc32)C2(CCCCC2)O1. The average Bonchev–Trinajstić information content (AvgIpc) is 2.95. The molecule has 2 fully saturated rings. The number of carbonyl (C=O) groups is 2. The molecule has 1 spiro atoms. The van der Waals surface area contributed by atoms with Gasteiger partial charge >= 0.3 is 5.97 Å². The highest BCUT2D eigenvalue weighted by molar-refractivity contribution is 5.87. The predicted molar refractivity (Wildman–Crippen MR) is 91.9 cm³/mol. The van der Waals surface area contributed by atoms with Crippen molar-refractivity contribution in [2.75, 3.05) is 13.2 Å². The summed E-state index contributed by atoms with van der Waals surface area (Å²) >= 11 is 0. The Labute approximate surface area is 148 Å². The van der Waals surface area contributed by atoms with Crippen LogP contribution in [0.3, 0.4) is 0 Å². The molecule has 1 amide bonds. The Morgan fingerprint density at radius 2 is 2.00 bits per heavy atom. The highest BCUT2D eigenvalue weighted by Crippen LogP contribution is 2.44. The maximum atomic E-state index is 12.8. The number of hydrogen-bond acceptors (Lipinski definition) is 4. The molecule has 0 radical (unpaired) electrons. The maximum Gasteiger partial charge on any atom is 0.307 e. The molecule has 1 N–H and O–H groups in total. The lowest BCUT2D eigenvalue weighted by molar-refractivity contribution is -0.153. The molecular weight excluding hydrogens is 318 g/mol. The number of amides is 1. The quantitative estimate of drug-likeness (QED) is 0.857. The molecule has 2 heterocycles. The summed E-state index contributed by atoms with van der Waals surface area (Å²) in [6.07, 6.45) is 5.81. The van der Waals surface area contributed by atoms with Gasteiger partial charge in [-0.05, 0) is 43.2 Å². The lowest BCUT2D eigenvalue weighted by Crippen LogP contribution is -2.46.